The van der Waals surface area contributed by atoms with Crippen molar-refractivity contribution in [3.8, 4) is 0 Å². The predicted molar refractivity (Wildman–Crippen MR) is 147 cm³/mol. The van der Waals surface area contributed by atoms with Crippen LogP contribution in [0.2, 0.25) is 0 Å². The topological polar surface area (TPSA) is 65.6 Å². The Hall–Kier alpha value is -2.58. The molecule has 38 heavy (non-hydrogen) atoms. The van der Waals surface area contributed by atoms with Crippen LogP contribution in [0.3, 0.4) is 0 Å². The highest BCUT2D eigenvalue weighted by molar-refractivity contribution is 5.93. The summed E-state index contributed by atoms with van der Waals surface area (Å²) in [7, 11) is 0. The molecule has 0 saturated carbocycles. The zero-order valence-corrected chi connectivity index (χ0v) is 23.3. The molecule has 4 heterocycles. The first kappa shape index (κ1) is 27.0. The fourth-order valence-corrected chi connectivity index (χ4v) is 6.44. The van der Waals surface area contributed by atoms with E-state index in [2.05, 4.69) is 34.1 Å². The van der Waals surface area contributed by atoms with Gasteiger partial charge >= 0.3 is 6.09 Å². The molecule has 4 aliphatic rings. The van der Waals surface area contributed by atoms with E-state index in [1.807, 2.05) is 36.6 Å². The van der Waals surface area contributed by atoms with Crippen molar-refractivity contribution >= 4 is 12.0 Å². The maximum Gasteiger partial charge on any atom is 0.410 e. The first-order chi connectivity index (χ1) is 18.3. The monoisotopic (exact) mass is 524 g/mol. The van der Waals surface area contributed by atoms with Crippen molar-refractivity contribution in [3.05, 3.63) is 47.7 Å². The minimum Gasteiger partial charge on any atom is -0.500 e. The van der Waals surface area contributed by atoms with Gasteiger partial charge in [-0.3, -0.25) is 14.6 Å². The summed E-state index contributed by atoms with van der Waals surface area (Å²) in [6, 6.07) is 11.5. The van der Waals surface area contributed by atoms with Crippen molar-refractivity contribution in [2.45, 2.75) is 76.6 Å². The van der Waals surface area contributed by atoms with Gasteiger partial charge < -0.3 is 19.3 Å². The molecule has 3 unspecified atom stereocenters. The third-order valence-corrected chi connectivity index (χ3v) is 8.45. The highest BCUT2D eigenvalue weighted by Gasteiger charge is 2.39. The maximum absolute atomic E-state index is 13.1. The molecule has 0 N–H and O–H groups in total. The smallest absolute Gasteiger partial charge is 0.410 e. The number of piperidine rings is 1. The molecule has 3 atom stereocenters. The van der Waals surface area contributed by atoms with Gasteiger partial charge in [0, 0.05) is 70.4 Å². The lowest BCUT2D eigenvalue weighted by molar-refractivity contribution is -0.126. The lowest BCUT2D eigenvalue weighted by Gasteiger charge is -2.47. The summed E-state index contributed by atoms with van der Waals surface area (Å²) in [5.74, 6) is 0.157. The van der Waals surface area contributed by atoms with Crippen molar-refractivity contribution in [1.29, 1.82) is 0 Å². The van der Waals surface area contributed by atoms with Crippen LogP contribution in [-0.2, 0) is 20.7 Å². The Bertz CT molecular complexity index is 999. The number of ether oxygens (including phenoxy) is 2. The minimum atomic E-state index is -0.496. The van der Waals surface area contributed by atoms with E-state index in [0.717, 1.165) is 83.5 Å². The third kappa shape index (κ3) is 6.52. The Morgan fingerprint density at radius 3 is 2.29 bits per heavy atom. The van der Waals surface area contributed by atoms with Crippen LogP contribution in [0.25, 0.3) is 0 Å². The van der Waals surface area contributed by atoms with E-state index in [1.54, 1.807) is 6.26 Å². The van der Waals surface area contributed by atoms with E-state index < -0.39 is 5.60 Å². The fraction of sp³-hybridized carbons (Fsp3) is 0.667. The van der Waals surface area contributed by atoms with Crippen LogP contribution in [0.5, 0.6) is 0 Å². The number of piperazine rings is 1. The number of carbonyl (C=O) groups excluding carboxylic acids is 2. The normalized spacial score (nSPS) is 27.2. The third-order valence-electron chi connectivity index (χ3n) is 8.45. The quantitative estimate of drug-likeness (QED) is 0.587. The van der Waals surface area contributed by atoms with Gasteiger partial charge in [-0.05, 0) is 52.0 Å². The summed E-state index contributed by atoms with van der Waals surface area (Å²) >= 11 is 0. The van der Waals surface area contributed by atoms with E-state index in [0.29, 0.717) is 18.7 Å². The minimum absolute atomic E-state index is 0.132. The molecule has 3 fully saturated rings. The first-order valence-electron chi connectivity index (χ1n) is 14.4. The molecule has 3 saturated heterocycles. The van der Waals surface area contributed by atoms with E-state index >= 15 is 0 Å². The summed E-state index contributed by atoms with van der Waals surface area (Å²) in [6.45, 7) is 13.0. The van der Waals surface area contributed by atoms with Crippen LogP contribution in [-0.4, -0.2) is 108 Å². The number of hydrogen-bond acceptors (Lipinski definition) is 6. The molecular formula is C30H44N4O4. The van der Waals surface area contributed by atoms with Crippen LogP contribution in [0, 0.1) is 0 Å². The highest BCUT2D eigenvalue weighted by Crippen LogP contribution is 2.28. The van der Waals surface area contributed by atoms with Crippen molar-refractivity contribution in [2.75, 3.05) is 52.4 Å². The Morgan fingerprint density at radius 1 is 0.947 bits per heavy atom. The fourth-order valence-electron chi connectivity index (χ4n) is 6.44. The van der Waals surface area contributed by atoms with Crippen LogP contribution >= 0.6 is 0 Å². The highest BCUT2D eigenvalue weighted by atomic mass is 16.6. The van der Waals surface area contributed by atoms with Crippen molar-refractivity contribution in [1.82, 2.24) is 19.6 Å². The molecule has 0 spiro atoms. The van der Waals surface area contributed by atoms with Crippen LogP contribution in [0.15, 0.2) is 42.2 Å². The lowest BCUT2D eigenvalue weighted by atomic mass is 9.91. The second kappa shape index (κ2) is 11.7. The second-order valence-corrected chi connectivity index (χ2v) is 12.2. The molecule has 208 valence electrons. The molecule has 5 rings (SSSR count). The molecule has 0 aliphatic carbocycles. The summed E-state index contributed by atoms with van der Waals surface area (Å²) in [4.78, 5) is 35.1. The maximum atomic E-state index is 13.1. The Morgan fingerprint density at radius 2 is 1.63 bits per heavy atom. The van der Waals surface area contributed by atoms with Crippen molar-refractivity contribution < 1.29 is 19.1 Å². The average Bonchev–Trinajstić information content (AvgIpc) is 3.61. The van der Waals surface area contributed by atoms with Gasteiger partial charge in [0.2, 0.25) is 0 Å². The molecule has 8 nitrogen and oxygen atoms in total. The number of nitrogens with zero attached hydrogens (tertiary/aromatic N) is 4. The Labute approximate surface area is 227 Å². The van der Waals surface area contributed by atoms with Crippen LogP contribution in [0.1, 0.15) is 52.0 Å². The van der Waals surface area contributed by atoms with Gasteiger partial charge in [0.25, 0.3) is 5.91 Å². The number of likely N-dealkylation sites (tertiary alicyclic amines) is 2. The van der Waals surface area contributed by atoms with E-state index in [1.165, 1.54) is 5.56 Å². The van der Waals surface area contributed by atoms with Gasteiger partial charge in [-0.15, -0.1) is 0 Å². The van der Waals surface area contributed by atoms with Crippen molar-refractivity contribution in [2.24, 2.45) is 0 Å². The van der Waals surface area contributed by atoms with Gasteiger partial charge in [-0.25, -0.2) is 4.79 Å². The number of amides is 2. The molecule has 0 bridgehead atoms. The number of benzene rings is 1. The number of rotatable bonds is 5. The van der Waals surface area contributed by atoms with Gasteiger partial charge in [-0.2, -0.15) is 0 Å². The zero-order valence-electron chi connectivity index (χ0n) is 23.3. The molecule has 1 aromatic rings. The molecule has 1 aromatic carbocycles. The molecule has 2 amide bonds. The standard InChI is InChI=1S/C30H44N4O4/c1-30(2,3)38-29(36)34-13-10-25(20-27(34)19-23-7-5-4-6-8-23)31-14-16-32(17-15-31)26-9-12-33(21-26)28(35)24-11-18-37-22-24/h4-8,22,25-27H,9-21H2,1-3H3. The van der Waals surface area contributed by atoms with Gasteiger partial charge in [0.05, 0.1) is 18.4 Å². The lowest BCUT2D eigenvalue weighted by Crippen LogP contribution is -2.58. The summed E-state index contributed by atoms with van der Waals surface area (Å²) in [5.41, 5.74) is 1.58. The Balaban J connectivity index is 1.16. The average molecular weight is 525 g/mol. The summed E-state index contributed by atoms with van der Waals surface area (Å²) < 4.78 is 11.1. The van der Waals surface area contributed by atoms with Gasteiger partial charge in [0.15, 0.2) is 0 Å². The molecule has 0 radical (unpaired) electrons. The van der Waals surface area contributed by atoms with Gasteiger partial charge in [-0.1, -0.05) is 30.3 Å². The molecule has 8 heteroatoms. The van der Waals surface area contributed by atoms with E-state index in [4.69, 9.17) is 9.47 Å². The zero-order chi connectivity index (χ0) is 26.7. The summed E-state index contributed by atoms with van der Waals surface area (Å²) in [6.07, 6.45) is 6.04. The molecule has 0 aromatic heterocycles. The second-order valence-electron chi connectivity index (χ2n) is 12.2. The number of hydrogen-bond donors (Lipinski definition) is 0. The molecular weight excluding hydrogens is 480 g/mol. The SMILES string of the molecule is CC(C)(C)OC(=O)N1CCC(N2CCN(C3CCN(C(=O)C4=COCC4)C3)CC2)CC1Cc1ccccc1. The largest absolute Gasteiger partial charge is 0.500 e. The summed E-state index contributed by atoms with van der Waals surface area (Å²) in [5, 5.41) is 0. The van der Waals surface area contributed by atoms with Gasteiger partial charge in [0.1, 0.15) is 5.60 Å². The Kier molecular flexibility index (Phi) is 8.29. The van der Waals surface area contributed by atoms with Crippen LogP contribution < -0.4 is 0 Å². The van der Waals surface area contributed by atoms with E-state index in [9.17, 15) is 9.59 Å². The first-order valence-corrected chi connectivity index (χ1v) is 14.4. The van der Waals surface area contributed by atoms with E-state index in [-0.39, 0.29) is 18.0 Å². The van der Waals surface area contributed by atoms with Crippen molar-refractivity contribution in [3.63, 3.8) is 0 Å². The molecule has 4 aliphatic heterocycles. The van der Waals surface area contributed by atoms with Crippen LogP contribution in [0.4, 0.5) is 4.79 Å². The number of carbonyl (C=O) groups is 2. The predicted octanol–water partition coefficient (Wildman–Crippen LogP) is 3.52.